The zero-order valence-corrected chi connectivity index (χ0v) is 12.2. The summed E-state index contributed by atoms with van der Waals surface area (Å²) in [6, 6.07) is 10.4. The number of carbonyl (C=O) groups excluding carboxylic acids is 2. The SMILES string of the molecule is Cc1ccc(C(=O)CNC(=S)NC(=O)c2ccco2)cc1. The Morgan fingerprint density at radius 3 is 2.52 bits per heavy atom. The van der Waals surface area contributed by atoms with Crippen LogP contribution < -0.4 is 10.6 Å². The fourth-order valence-corrected chi connectivity index (χ4v) is 1.78. The van der Waals surface area contributed by atoms with Crippen molar-refractivity contribution in [1.29, 1.82) is 0 Å². The van der Waals surface area contributed by atoms with E-state index in [-0.39, 0.29) is 23.2 Å². The molecule has 6 heteroatoms. The van der Waals surface area contributed by atoms with Crippen molar-refractivity contribution in [2.24, 2.45) is 0 Å². The Morgan fingerprint density at radius 1 is 1.19 bits per heavy atom. The minimum Gasteiger partial charge on any atom is -0.459 e. The molecule has 1 aromatic heterocycles. The Bertz CT molecular complexity index is 648. The van der Waals surface area contributed by atoms with E-state index in [4.69, 9.17) is 16.6 Å². The van der Waals surface area contributed by atoms with Crippen molar-refractivity contribution in [3.8, 4) is 0 Å². The first-order valence-corrected chi connectivity index (χ1v) is 6.69. The van der Waals surface area contributed by atoms with E-state index >= 15 is 0 Å². The van der Waals surface area contributed by atoms with Gasteiger partial charge in [0, 0.05) is 5.56 Å². The second-order valence-corrected chi connectivity index (χ2v) is 4.81. The van der Waals surface area contributed by atoms with E-state index in [1.54, 1.807) is 18.2 Å². The standard InChI is InChI=1S/C15H14N2O3S/c1-10-4-6-11(7-5-10)12(18)9-16-15(21)17-14(19)13-3-2-8-20-13/h2-8H,9H2,1H3,(H2,16,17,19,21). The van der Waals surface area contributed by atoms with Gasteiger partial charge in [0.05, 0.1) is 12.8 Å². The number of carbonyl (C=O) groups is 2. The maximum Gasteiger partial charge on any atom is 0.293 e. The molecule has 0 aliphatic rings. The van der Waals surface area contributed by atoms with Crippen LogP contribution >= 0.6 is 12.2 Å². The van der Waals surface area contributed by atoms with Crippen LogP contribution in [0.2, 0.25) is 0 Å². The van der Waals surface area contributed by atoms with Crippen LogP contribution in [-0.2, 0) is 0 Å². The Balaban J connectivity index is 1.82. The first-order valence-electron chi connectivity index (χ1n) is 6.29. The van der Waals surface area contributed by atoms with Crippen molar-refractivity contribution >= 4 is 29.0 Å². The Kier molecular flexibility index (Phi) is 4.84. The van der Waals surface area contributed by atoms with E-state index in [2.05, 4.69) is 10.6 Å². The fraction of sp³-hybridized carbons (Fsp3) is 0.133. The molecule has 0 spiro atoms. The number of aryl methyl sites for hydroxylation is 1. The number of rotatable bonds is 4. The topological polar surface area (TPSA) is 71.3 Å². The van der Waals surface area contributed by atoms with Crippen LogP contribution in [0.15, 0.2) is 47.1 Å². The summed E-state index contributed by atoms with van der Waals surface area (Å²) >= 11 is 4.96. The highest BCUT2D eigenvalue weighted by Crippen LogP contribution is 2.03. The number of ketones is 1. The van der Waals surface area contributed by atoms with Gasteiger partial charge < -0.3 is 9.73 Å². The third-order valence-electron chi connectivity index (χ3n) is 2.76. The van der Waals surface area contributed by atoms with Gasteiger partial charge >= 0.3 is 0 Å². The molecule has 0 saturated carbocycles. The third kappa shape index (κ3) is 4.25. The van der Waals surface area contributed by atoms with E-state index in [1.807, 2.05) is 19.1 Å². The van der Waals surface area contributed by atoms with Crippen LogP contribution in [0.3, 0.4) is 0 Å². The summed E-state index contributed by atoms with van der Waals surface area (Å²) in [6.07, 6.45) is 1.40. The van der Waals surface area contributed by atoms with Crippen molar-refractivity contribution in [1.82, 2.24) is 10.6 Å². The highest BCUT2D eigenvalue weighted by Gasteiger charge is 2.11. The smallest absolute Gasteiger partial charge is 0.293 e. The summed E-state index contributed by atoms with van der Waals surface area (Å²) in [5, 5.41) is 5.21. The zero-order valence-electron chi connectivity index (χ0n) is 11.4. The molecule has 108 valence electrons. The summed E-state index contributed by atoms with van der Waals surface area (Å²) in [5.74, 6) is -0.408. The normalized spacial score (nSPS) is 9.95. The lowest BCUT2D eigenvalue weighted by molar-refractivity contribution is 0.0945. The summed E-state index contributed by atoms with van der Waals surface area (Å²) < 4.78 is 4.94. The van der Waals surface area contributed by atoms with E-state index in [1.165, 1.54) is 12.3 Å². The first-order chi connectivity index (χ1) is 10.1. The number of benzene rings is 1. The second kappa shape index (κ2) is 6.81. The van der Waals surface area contributed by atoms with Crippen molar-refractivity contribution in [2.45, 2.75) is 6.92 Å². The van der Waals surface area contributed by atoms with Crippen LogP contribution in [0.1, 0.15) is 26.5 Å². The quantitative estimate of drug-likeness (QED) is 0.668. The lowest BCUT2D eigenvalue weighted by Crippen LogP contribution is -2.41. The molecule has 21 heavy (non-hydrogen) atoms. The Morgan fingerprint density at radius 2 is 1.90 bits per heavy atom. The second-order valence-electron chi connectivity index (χ2n) is 4.40. The van der Waals surface area contributed by atoms with Gasteiger partial charge in [0.15, 0.2) is 16.7 Å². The predicted octanol–water partition coefficient (Wildman–Crippen LogP) is 2.08. The van der Waals surface area contributed by atoms with Gasteiger partial charge in [0.2, 0.25) is 0 Å². The minimum absolute atomic E-state index is 0.0142. The van der Waals surface area contributed by atoms with Gasteiger partial charge in [-0.15, -0.1) is 0 Å². The predicted molar refractivity (Wildman–Crippen MR) is 82.3 cm³/mol. The van der Waals surface area contributed by atoms with Crippen molar-refractivity contribution in [3.05, 3.63) is 59.5 Å². The third-order valence-corrected chi connectivity index (χ3v) is 3.00. The average Bonchev–Trinajstić information content (AvgIpc) is 3.00. The van der Waals surface area contributed by atoms with Crippen molar-refractivity contribution < 1.29 is 14.0 Å². The number of nitrogens with one attached hydrogen (secondary N) is 2. The number of Topliss-reactive ketones (excluding diaryl/α,β-unsaturated/α-hetero) is 1. The molecular weight excluding hydrogens is 288 g/mol. The molecule has 0 unspecified atom stereocenters. The van der Waals surface area contributed by atoms with Gasteiger partial charge in [-0.2, -0.15) is 0 Å². The van der Waals surface area contributed by atoms with Gasteiger partial charge in [-0.3, -0.25) is 14.9 Å². The van der Waals surface area contributed by atoms with E-state index < -0.39 is 5.91 Å². The van der Waals surface area contributed by atoms with Gasteiger partial charge in [-0.1, -0.05) is 29.8 Å². The Labute approximate surface area is 127 Å². The first kappa shape index (κ1) is 14.9. The molecule has 0 saturated heterocycles. The van der Waals surface area contributed by atoms with Crippen LogP contribution in [-0.4, -0.2) is 23.3 Å². The molecule has 0 atom stereocenters. The molecule has 0 fully saturated rings. The number of furan rings is 1. The molecule has 5 nitrogen and oxygen atoms in total. The molecular formula is C15H14N2O3S. The number of thiocarbonyl (C=S) groups is 1. The maximum atomic E-state index is 11.9. The summed E-state index contributed by atoms with van der Waals surface area (Å²) in [6.45, 7) is 1.96. The van der Waals surface area contributed by atoms with Crippen LogP contribution in [0, 0.1) is 6.92 Å². The van der Waals surface area contributed by atoms with Gasteiger partial charge in [-0.25, -0.2) is 0 Å². The molecule has 0 bridgehead atoms. The minimum atomic E-state index is -0.458. The molecule has 2 rings (SSSR count). The zero-order chi connectivity index (χ0) is 15.2. The van der Waals surface area contributed by atoms with Crippen molar-refractivity contribution in [3.63, 3.8) is 0 Å². The van der Waals surface area contributed by atoms with E-state index in [9.17, 15) is 9.59 Å². The molecule has 0 aliphatic carbocycles. The molecule has 2 N–H and O–H groups in total. The Hall–Kier alpha value is -2.47. The van der Waals surface area contributed by atoms with E-state index in [0.29, 0.717) is 5.56 Å². The number of amides is 1. The number of hydrogen-bond acceptors (Lipinski definition) is 4. The molecule has 0 radical (unpaired) electrons. The average molecular weight is 302 g/mol. The highest BCUT2D eigenvalue weighted by molar-refractivity contribution is 7.80. The molecule has 1 aromatic carbocycles. The summed E-state index contributed by atoms with van der Waals surface area (Å²) in [4.78, 5) is 23.6. The van der Waals surface area contributed by atoms with Crippen molar-refractivity contribution in [2.75, 3.05) is 6.54 Å². The molecule has 2 aromatic rings. The number of hydrogen-bond donors (Lipinski definition) is 2. The molecule has 1 heterocycles. The van der Waals surface area contributed by atoms with Gasteiger partial charge in [0.25, 0.3) is 5.91 Å². The fourth-order valence-electron chi connectivity index (χ4n) is 1.62. The molecule has 1 amide bonds. The monoisotopic (exact) mass is 302 g/mol. The van der Waals surface area contributed by atoms with Gasteiger partial charge in [0.1, 0.15) is 0 Å². The van der Waals surface area contributed by atoms with Crippen LogP contribution in [0.5, 0.6) is 0 Å². The maximum absolute atomic E-state index is 11.9. The summed E-state index contributed by atoms with van der Waals surface area (Å²) in [7, 11) is 0. The van der Waals surface area contributed by atoms with Crippen LogP contribution in [0.25, 0.3) is 0 Å². The molecule has 0 aliphatic heterocycles. The van der Waals surface area contributed by atoms with Gasteiger partial charge in [-0.05, 0) is 31.3 Å². The van der Waals surface area contributed by atoms with E-state index in [0.717, 1.165) is 5.56 Å². The van der Waals surface area contributed by atoms with Crippen LogP contribution in [0.4, 0.5) is 0 Å². The summed E-state index contributed by atoms with van der Waals surface area (Å²) in [5.41, 5.74) is 1.68. The largest absolute Gasteiger partial charge is 0.459 e. The lowest BCUT2D eigenvalue weighted by atomic mass is 10.1. The lowest BCUT2D eigenvalue weighted by Gasteiger charge is -2.08. The highest BCUT2D eigenvalue weighted by atomic mass is 32.1.